The second-order valence-electron chi connectivity index (χ2n) is 14.7. The molecule has 4 fully saturated rings. The van der Waals surface area contributed by atoms with Gasteiger partial charge in [-0.25, -0.2) is 0 Å². The molecule has 4 aliphatic carbocycles. The van der Waals surface area contributed by atoms with Gasteiger partial charge in [-0.05, 0) is 117 Å². The van der Waals surface area contributed by atoms with Gasteiger partial charge in [-0.3, -0.25) is 0 Å². The van der Waals surface area contributed by atoms with E-state index in [1.54, 1.807) is 0 Å². The quantitative estimate of drug-likeness (QED) is 0.406. The third-order valence-corrected chi connectivity index (χ3v) is 12.3. The molecule has 0 aromatic heterocycles. The molecule has 0 aromatic carbocycles. The number of rotatable bonds is 4. The number of aliphatic hydroxyl groups is 4. The molecule has 4 aliphatic rings. The normalized spacial score (nSPS) is 51.6. The van der Waals surface area contributed by atoms with Crippen molar-refractivity contribution < 1.29 is 20.4 Å². The van der Waals surface area contributed by atoms with Crippen LogP contribution in [-0.2, 0) is 0 Å². The molecule has 0 heterocycles. The summed E-state index contributed by atoms with van der Waals surface area (Å²) in [6.07, 6.45) is 7.54. The predicted molar refractivity (Wildman–Crippen MR) is 137 cm³/mol. The van der Waals surface area contributed by atoms with Crippen molar-refractivity contribution in [2.24, 2.45) is 45.3 Å². The summed E-state index contributed by atoms with van der Waals surface area (Å²) in [5, 5.41) is 46.0. The maximum Gasteiger partial charge on any atom is 0.0654 e. The molecule has 4 nitrogen and oxygen atoms in total. The van der Waals surface area contributed by atoms with E-state index in [-0.39, 0.29) is 39.4 Å². The van der Waals surface area contributed by atoms with Crippen LogP contribution in [0.25, 0.3) is 0 Å². The Morgan fingerprint density at radius 1 is 0.941 bits per heavy atom. The van der Waals surface area contributed by atoms with E-state index in [0.717, 1.165) is 51.4 Å². The van der Waals surface area contributed by atoms with Gasteiger partial charge in [0.2, 0.25) is 0 Å². The Morgan fingerprint density at radius 3 is 2.21 bits per heavy atom. The number of aliphatic hydroxyl groups excluding tert-OH is 3. The summed E-state index contributed by atoms with van der Waals surface area (Å²) in [5.41, 5.74) is -0.230. The van der Waals surface area contributed by atoms with Gasteiger partial charge in [0.25, 0.3) is 0 Å². The monoisotopic (exact) mass is 476 g/mol. The van der Waals surface area contributed by atoms with E-state index in [9.17, 15) is 20.4 Å². The maximum absolute atomic E-state index is 11.8. The standard InChI is InChI=1S/C30H52O4/c1-18(2)10-9-13-30(8,34)19-11-15-28(6)24(19)20(31)16-22-27(5)14-12-23(33)26(3,4)25(27)21(32)17-29(22,28)7/h10,19-25,31-34H,9,11-17H2,1-8H3/t19-,20+,21-,22+,23-,24-,25-,27+,28+,29+,30-/m1/s1. The first-order chi connectivity index (χ1) is 15.5. The van der Waals surface area contributed by atoms with Crippen LogP contribution in [0.4, 0.5) is 0 Å². The summed E-state index contributed by atoms with van der Waals surface area (Å²) in [4.78, 5) is 0. The molecule has 0 aliphatic heterocycles. The van der Waals surface area contributed by atoms with E-state index < -0.39 is 23.9 Å². The first-order valence-electron chi connectivity index (χ1n) is 13.9. The summed E-state index contributed by atoms with van der Waals surface area (Å²) in [6, 6.07) is 0. The largest absolute Gasteiger partial charge is 0.393 e. The molecule has 0 bridgehead atoms. The van der Waals surface area contributed by atoms with Crippen molar-refractivity contribution in [3.63, 3.8) is 0 Å². The van der Waals surface area contributed by atoms with Crippen LogP contribution in [0.2, 0.25) is 0 Å². The molecular weight excluding hydrogens is 424 g/mol. The van der Waals surface area contributed by atoms with Gasteiger partial charge in [0.15, 0.2) is 0 Å². The fraction of sp³-hybridized carbons (Fsp3) is 0.933. The van der Waals surface area contributed by atoms with Crippen LogP contribution in [0.5, 0.6) is 0 Å². The summed E-state index contributed by atoms with van der Waals surface area (Å²) < 4.78 is 0. The summed E-state index contributed by atoms with van der Waals surface area (Å²) >= 11 is 0. The number of hydrogen-bond donors (Lipinski definition) is 4. The summed E-state index contributed by atoms with van der Waals surface area (Å²) in [7, 11) is 0. The molecular formula is C30H52O4. The molecule has 4 rings (SSSR count). The van der Waals surface area contributed by atoms with E-state index in [1.807, 2.05) is 6.92 Å². The molecule has 4 heteroatoms. The maximum atomic E-state index is 11.8. The zero-order chi connectivity index (χ0) is 25.5. The molecule has 11 atom stereocenters. The van der Waals surface area contributed by atoms with Gasteiger partial charge < -0.3 is 20.4 Å². The predicted octanol–water partition coefficient (Wildman–Crippen LogP) is 5.47. The third kappa shape index (κ3) is 3.60. The van der Waals surface area contributed by atoms with E-state index >= 15 is 0 Å². The summed E-state index contributed by atoms with van der Waals surface area (Å²) in [6.45, 7) is 17.5. The molecule has 0 spiro atoms. The van der Waals surface area contributed by atoms with E-state index in [1.165, 1.54) is 5.57 Å². The Labute approximate surface area is 208 Å². The van der Waals surface area contributed by atoms with Crippen molar-refractivity contribution in [1.82, 2.24) is 0 Å². The molecule has 0 saturated heterocycles. The second-order valence-corrected chi connectivity index (χ2v) is 14.7. The molecule has 196 valence electrons. The van der Waals surface area contributed by atoms with E-state index in [0.29, 0.717) is 5.92 Å². The van der Waals surface area contributed by atoms with Gasteiger partial charge in [0.1, 0.15) is 0 Å². The lowest BCUT2D eigenvalue weighted by atomic mass is 9.34. The van der Waals surface area contributed by atoms with Crippen LogP contribution in [0.15, 0.2) is 11.6 Å². The number of hydrogen-bond acceptors (Lipinski definition) is 4. The number of allylic oxidation sites excluding steroid dienone is 2. The Hall–Kier alpha value is -0.420. The molecule has 0 amide bonds. The minimum absolute atomic E-state index is 0.0264. The fourth-order valence-electron chi connectivity index (χ4n) is 10.5. The van der Waals surface area contributed by atoms with Crippen molar-refractivity contribution in [3.8, 4) is 0 Å². The van der Waals surface area contributed by atoms with Crippen LogP contribution in [0.1, 0.15) is 107 Å². The summed E-state index contributed by atoms with van der Waals surface area (Å²) in [5.74, 6) is 0.442. The van der Waals surface area contributed by atoms with Crippen molar-refractivity contribution in [3.05, 3.63) is 11.6 Å². The van der Waals surface area contributed by atoms with Crippen LogP contribution in [0.3, 0.4) is 0 Å². The molecule has 34 heavy (non-hydrogen) atoms. The highest BCUT2D eigenvalue weighted by Gasteiger charge is 2.72. The molecule has 0 aromatic rings. The van der Waals surface area contributed by atoms with Crippen molar-refractivity contribution >= 4 is 0 Å². The Balaban J connectivity index is 1.70. The zero-order valence-corrected chi connectivity index (χ0v) is 23.1. The molecule has 0 radical (unpaired) electrons. The lowest BCUT2D eigenvalue weighted by Gasteiger charge is -2.71. The van der Waals surface area contributed by atoms with Crippen molar-refractivity contribution in [1.29, 1.82) is 0 Å². The van der Waals surface area contributed by atoms with Crippen LogP contribution in [0, 0.1) is 45.3 Å². The Kier molecular flexibility index (Phi) is 6.50. The molecule has 4 saturated carbocycles. The first-order valence-corrected chi connectivity index (χ1v) is 13.9. The van der Waals surface area contributed by atoms with Crippen molar-refractivity contribution in [2.45, 2.75) is 131 Å². The fourth-order valence-corrected chi connectivity index (χ4v) is 10.5. The Bertz CT molecular complexity index is 813. The van der Waals surface area contributed by atoms with Crippen LogP contribution < -0.4 is 0 Å². The highest BCUT2D eigenvalue weighted by atomic mass is 16.3. The van der Waals surface area contributed by atoms with Gasteiger partial charge in [0, 0.05) is 0 Å². The second kappa shape index (κ2) is 8.30. The minimum Gasteiger partial charge on any atom is -0.393 e. The van der Waals surface area contributed by atoms with Crippen molar-refractivity contribution in [2.75, 3.05) is 0 Å². The van der Waals surface area contributed by atoms with Gasteiger partial charge in [-0.2, -0.15) is 0 Å². The minimum atomic E-state index is -0.810. The lowest BCUT2D eigenvalue weighted by molar-refractivity contribution is -0.274. The smallest absolute Gasteiger partial charge is 0.0654 e. The van der Waals surface area contributed by atoms with Crippen LogP contribution >= 0.6 is 0 Å². The number of fused-ring (bicyclic) bond motifs is 5. The average molecular weight is 477 g/mol. The third-order valence-electron chi connectivity index (χ3n) is 12.3. The molecule has 4 N–H and O–H groups in total. The van der Waals surface area contributed by atoms with Gasteiger partial charge in [-0.1, -0.05) is 46.3 Å². The highest BCUT2D eigenvalue weighted by molar-refractivity contribution is 5.21. The Morgan fingerprint density at radius 2 is 1.59 bits per heavy atom. The molecule has 0 unspecified atom stereocenters. The zero-order valence-electron chi connectivity index (χ0n) is 23.1. The topological polar surface area (TPSA) is 80.9 Å². The van der Waals surface area contributed by atoms with Gasteiger partial charge in [-0.15, -0.1) is 0 Å². The van der Waals surface area contributed by atoms with E-state index in [2.05, 4.69) is 54.5 Å². The lowest BCUT2D eigenvalue weighted by Crippen LogP contribution is -2.69. The first kappa shape index (κ1) is 26.6. The van der Waals surface area contributed by atoms with Crippen LogP contribution in [-0.4, -0.2) is 44.3 Å². The van der Waals surface area contributed by atoms with E-state index in [4.69, 9.17) is 0 Å². The average Bonchev–Trinajstić information content (AvgIpc) is 3.07. The van der Waals surface area contributed by atoms with Gasteiger partial charge >= 0.3 is 0 Å². The van der Waals surface area contributed by atoms with Gasteiger partial charge in [0.05, 0.1) is 23.9 Å². The highest BCUT2D eigenvalue weighted by Crippen LogP contribution is 2.75. The SMILES string of the molecule is CC(C)=CCC[C@@](C)(O)[C@@H]1CC[C@@]2(C)[C@H]1[C@@H](O)C[C@H]1[C@]3(C)CC[C@@H](O)C(C)(C)[C@H]3[C@H](O)C[C@@]12C.